The molecule has 0 bridgehead atoms. The van der Waals surface area contributed by atoms with Crippen molar-refractivity contribution in [3.05, 3.63) is 131 Å². The van der Waals surface area contributed by atoms with Gasteiger partial charge in [0.05, 0.1) is 71.0 Å². The number of likely N-dealkylation sites (tertiary alicyclic amines) is 2. The largest absolute Gasteiger partial charge is 1.00 e. The van der Waals surface area contributed by atoms with E-state index in [0.29, 0.717) is 81.5 Å². The summed E-state index contributed by atoms with van der Waals surface area (Å²) in [5, 5.41) is 29.0. The van der Waals surface area contributed by atoms with Crippen LogP contribution in [0.1, 0.15) is 270 Å². The number of nitrogens with one attached hydrogen (secondary N) is 3. The van der Waals surface area contributed by atoms with Crippen molar-refractivity contribution in [3.8, 4) is 0 Å². The molecule has 0 aromatic heterocycles. The molecule has 2 saturated heterocycles. The maximum absolute atomic E-state index is 13.5. The van der Waals surface area contributed by atoms with Crippen molar-refractivity contribution >= 4 is 95.3 Å². The highest BCUT2D eigenvalue weighted by Crippen LogP contribution is 2.69. The third kappa shape index (κ3) is 49.3. The van der Waals surface area contributed by atoms with E-state index in [1.165, 1.54) is 174 Å². The molecule has 2 heterocycles. The summed E-state index contributed by atoms with van der Waals surface area (Å²) in [5.74, 6) is -2.71. The Labute approximate surface area is 828 Å². The number of aliphatic hydroxyl groups excluding tert-OH is 1. The van der Waals surface area contributed by atoms with E-state index in [1.54, 1.807) is 48.5 Å². The molecule has 139 heavy (non-hydrogen) atoms. The Kier molecular flexibility index (Phi) is 64.3. The fourth-order valence-electron chi connectivity index (χ4n) is 15.9. The zero-order valence-corrected chi connectivity index (χ0v) is 87.3. The number of carbonyl (C=O) groups excluding carboxylic acids is 7. The number of amides is 5. The van der Waals surface area contributed by atoms with Crippen molar-refractivity contribution in [1.82, 2.24) is 15.1 Å². The van der Waals surface area contributed by atoms with Gasteiger partial charge in [-0.05, 0) is 175 Å². The number of alkyl carbamates (subject to hydrolysis) is 1. The summed E-state index contributed by atoms with van der Waals surface area (Å²) in [6.45, 7) is 30.9. The van der Waals surface area contributed by atoms with Crippen LogP contribution in [0.5, 0.6) is 0 Å². The zero-order chi connectivity index (χ0) is 103. The van der Waals surface area contributed by atoms with E-state index < -0.39 is 108 Å². The maximum atomic E-state index is 13.5. The molecule has 0 aliphatic carbocycles. The number of aliphatic imine (C=N–C) groups is 2. The third-order valence-corrected chi connectivity index (χ3v) is 31.8. The van der Waals surface area contributed by atoms with Crippen molar-refractivity contribution in [2.24, 2.45) is 50.5 Å². The Morgan fingerprint density at radius 1 is 0.453 bits per heavy atom. The minimum absolute atomic E-state index is 0. The Morgan fingerprint density at radius 3 is 1.06 bits per heavy atom. The number of unbranched alkanes of at least 4 members (excludes halogenated alkanes) is 8. The number of anilines is 2. The minimum atomic E-state index is -5.61. The monoisotopic (exact) mass is 2060 g/mol. The van der Waals surface area contributed by atoms with Gasteiger partial charge in [-0.2, -0.15) is 0 Å². The second-order valence-electron chi connectivity index (χ2n) is 35.4. The number of ketones is 2. The van der Waals surface area contributed by atoms with E-state index in [0.717, 1.165) is 16.7 Å². The number of guanidine groups is 2. The van der Waals surface area contributed by atoms with Gasteiger partial charge in [-0.25, -0.2) is 14.4 Å². The first-order valence-corrected chi connectivity index (χ1v) is 55.2. The van der Waals surface area contributed by atoms with Gasteiger partial charge < -0.3 is 144 Å². The topological polar surface area (TPSA) is 641 Å². The van der Waals surface area contributed by atoms with E-state index in [-0.39, 0.29) is 114 Å². The van der Waals surface area contributed by atoms with Crippen molar-refractivity contribution < 1.29 is 142 Å². The van der Waals surface area contributed by atoms with Crippen LogP contribution in [0.15, 0.2) is 119 Å². The van der Waals surface area contributed by atoms with E-state index in [4.69, 9.17) is 57.8 Å². The molecule has 6 rings (SSSR count). The number of ether oxygens (including phenoxy) is 3. The number of nitrogens with two attached hydrogens (primary N) is 5. The highest BCUT2D eigenvalue weighted by molar-refractivity contribution is 7.72. The van der Waals surface area contributed by atoms with Crippen LogP contribution in [-0.2, 0) is 78.1 Å². The molecule has 4 aromatic rings. The molecule has 39 nitrogen and oxygen atoms in total. The lowest BCUT2D eigenvalue weighted by Gasteiger charge is -2.42. The van der Waals surface area contributed by atoms with Gasteiger partial charge in [-0.15, -0.1) is 0 Å². The van der Waals surface area contributed by atoms with E-state index >= 15 is 0 Å². The Balaban J connectivity index is 0.000000965. The van der Waals surface area contributed by atoms with Gasteiger partial charge in [0.25, 0.3) is 5.08 Å². The normalized spacial score (nSPS) is 15.4. The lowest BCUT2D eigenvalue weighted by molar-refractivity contribution is -0.929. The van der Waals surface area contributed by atoms with Crippen LogP contribution in [0, 0.1) is 11.8 Å². The Morgan fingerprint density at radius 2 is 0.763 bits per heavy atom. The van der Waals surface area contributed by atoms with Crippen LogP contribution in [0.3, 0.4) is 0 Å². The third-order valence-electron chi connectivity index (χ3n) is 24.2. The van der Waals surface area contributed by atoms with Gasteiger partial charge >= 0.3 is 33.5 Å². The molecular weight excluding hydrogens is 1900 g/mol. The summed E-state index contributed by atoms with van der Waals surface area (Å²) in [5.41, 5.74) is 30.4. The van der Waals surface area contributed by atoms with Crippen LogP contribution < -0.4 is 66.8 Å². The second kappa shape index (κ2) is 69.2. The van der Waals surface area contributed by atoms with Gasteiger partial charge in [0, 0.05) is 75.2 Å². The Bertz CT molecular complexity index is 4260. The minimum Gasteiger partial charge on any atom is -1.00 e. The molecule has 22 N–H and O–H groups in total. The first-order chi connectivity index (χ1) is 65.3. The summed E-state index contributed by atoms with van der Waals surface area (Å²) in [6, 6.07) is 30.2. The number of halogens is 1. The summed E-state index contributed by atoms with van der Waals surface area (Å²) in [6.07, 6.45) is 21.3. The van der Waals surface area contributed by atoms with Gasteiger partial charge in [-0.1, -0.05) is 192 Å². The standard InChI is InChI=1S/C32H46N6O13P2.C27H35N5O5.2C16H36N.C4H13NO7P2.ClH/c33-29(34)35-16-4-9-24(19-27(39)26-10-5-18-38(26)31(42)51-21-22-7-2-1-3-8-22)28(40)37-25-13-11-23(12-14-25)20-50-30(41)36-17-6-15-32(43,52(44,45)46)53(47,48)49;28-26(29)30-14-4-8-21(25(35)31-22-12-10-19(17-33)11-13-22)16-24(34)23-9-5-15-32(23)27(36)37-18-20-6-2-1-3-7-20;2*1-5-9-13-17(14-10-6-2,15-11-7-3)16-12-8-4;5-3-1-2-4(6,13(7,8)9)14(10,11)12;/h1-3,7-8,11-14,24,26,43H,4-6,9-10,15-21H2,(H,36,41)(H,37,40)(H4,33,34,35)(H2,44,45,46)(H2,47,48,49);1-3,6-7,10-13,21,23,33H,4-5,8-9,14-18H2,(H,31,35)(H4,28,29,30);2*5-16H2,1-4H3;6H,1-3,5H2,(H2,7,8,9)(H2,10,11,12);1H/q;;2*+1;;/p-3/t24-,26+;21-,23+;;;;/m11..../s1. The molecule has 2 fully saturated rings. The quantitative estimate of drug-likeness (QED) is 0.00489. The van der Waals surface area contributed by atoms with Crippen LogP contribution in [0.2, 0.25) is 0 Å². The molecular formula is C95H164ClN14O25P4-. The molecule has 2 aliphatic heterocycles. The van der Waals surface area contributed by atoms with Gasteiger partial charge in [-0.3, -0.25) is 48.1 Å². The molecule has 4 aromatic carbocycles. The molecule has 2 aliphatic rings. The average Bonchev–Trinajstić information content (AvgIpc) is 1.77. The number of hydrogen-bond acceptors (Lipinski definition) is 22. The molecule has 2 unspecified atom stereocenters. The molecule has 0 radical (unpaired) electrons. The van der Waals surface area contributed by atoms with Crippen LogP contribution >= 0.6 is 30.4 Å². The predicted octanol–water partition coefficient (Wildman–Crippen LogP) is 9.08. The van der Waals surface area contributed by atoms with E-state index in [9.17, 15) is 91.4 Å². The van der Waals surface area contributed by atoms with Gasteiger partial charge in [0.2, 0.25) is 11.8 Å². The van der Waals surface area contributed by atoms with Crippen LogP contribution in [-0.4, -0.2) is 231 Å². The van der Waals surface area contributed by atoms with Gasteiger partial charge in [0.1, 0.15) is 19.8 Å². The fraction of sp³-hybridized carbons (Fsp3) is 0.653. The van der Waals surface area contributed by atoms with Crippen molar-refractivity contribution in [1.29, 1.82) is 0 Å². The SMILES string of the molecule is CCCC[N+](CCCC)(CCCC)CCCC.CCCC[N+](CCCC)(CCCC)CCCC.NC(N)=NCCC[C@H](CC(=O)[C@@H]1CCCN1C(=O)OCc1ccccc1)C(=O)Nc1ccc(CO)cc1.NC(N)=NCCC[C@H](CC(=O)[C@@H]1CCCN1C(=O)OCc1ccccc1)C(=O)Nc1ccc(COC(=O)NCCCC(O)(P(=O)(O)O)P(=O)(O)O)cc1.NCCCC(O)(P(=O)([O-])O)P(=O)([O-])O.[Cl-]. The molecule has 0 saturated carbocycles. The summed E-state index contributed by atoms with van der Waals surface area (Å²) >= 11 is 0. The molecule has 5 amide bonds. The fourth-order valence-corrected chi connectivity index (χ4v) is 20.3. The van der Waals surface area contributed by atoms with Crippen molar-refractivity contribution in [2.45, 2.75) is 297 Å². The number of carbonyl (C=O) groups is 7. The molecule has 792 valence electrons. The summed E-state index contributed by atoms with van der Waals surface area (Å²) in [7, 11) is -22.4. The number of benzene rings is 4. The maximum Gasteiger partial charge on any atom is 0.410 e. The molecule has 0 spiro atoms. The first-order valence-electron chi connectivity index (χ1n) is 48.8. The van der Waals surface area contributed by atoms with Gasteiger partial charge in [0.15, 0.2) is 43.8 Å². The number of hydrogen-bond donors (Lipinski definition) is 17. The summed E-state index contributed by atoms with van der Waals surface area (Å²) < 4.78 is 62.8. The van der Waals surface area contributed by atoms with E-state index in [2.05, 4.69) is 81.3 Å². The lowest BCUT2D eigenvalue weighted by Crippen LogP contribution is -3.00. The summed E-state index contributed by atoms with van der Waals surface area (Å²) in [4.78, 5) is 177. The van der Waals surface area contributed by atoms with E-state index in [1.807, 2.05) is 60.7 Å². The number of nitrogens with zero attached hydrogens (tertiary/aromatic N) is 6. The number of quaternary nitrogens is 2. The smallest absolute Gasteiger partial charge is 0.410 e. The van der Waals surface area contributed by atoms with Crippen LogP contribution in [0.25, 0.3) is 0 Å². The molecule has 44 heteroatoms. The number of Topliss-reactive ketones (excluding diaryl/α,β-unsaturated/α-hetero) is 2. The Hall–Kier alpha value is -7.84. The zero-order valence-electron chi connectivity index (χ0n) is 82.9. The number of aliphatic hydroxyl groups is 3. The average molecular weight is 2060 g/mol. The number of rotatable bonds is 60. The second-order valence-corrected chi connectivity index (χ2v) is 43.3. The van der Waals surface area contributed by atoms with Crippen LogP contribution in [0.4, 0.5) is 25.8 Å². The highest BCUT2D eigenvalue weighted by atomic mass is 35.5. The first kappa shape index (κ1) is 129. The predicted molar refractivity (Wildman–Crippen MR) is 533 cm³/mol. The lowest BCUT2D eigenvalue weighted by atomic mass is 9.92. The van der Waals surface area contributed by atoms with Crippen molar-refractivity contribution in [2.75, 3.05) is 102 Å². The van der Waals surface area contributed by atoms with Crippen molar-refractivity contribution in [3.63, 3.8) is 0 Å². The highest BCUT2D eigenvalue weighted by Gasteiger charge is 2.59. The molecule has 6 atom stereocenters.